The molecule has 2 fully saturated rings. The molecule has 2 aliphatic heterocycles. The minimum absolute atomic E-state index is 0.254. The van der Waals surface area contributed by atoms with Crippen molar-refractivity contribution in [3.8, 4) is 5.75 Å². The largest absolute Gasteiger partial charge is 0.489 e. The topological polar surface area (TPSA) is 116 Å². The zero-order chi connectivity index (χ0) is 25.8. The smallest absolute Gasteiger partial charge is 0.251 e. The maximum absolute atomic E-state index is 13.0. The number of carbonyl (C=O) groups excluding carboxylic acids is 2. The van der Waals surface area contributed by atoms with Crippen LogP contribution in [-0.4, -0.2) is 65.2 Å². The zero-order valence-corrected chi connectivity index (χ0v) is 20.9. The predicted octanol–water partition coefficient (Wildman–Crippen LogP) is 2.41. The predicted molar refractivity (Wildman–Crippen MR) is 139 cm³/mol. The number of aryl methyl sites for hydroxylation is 1. The Labute approximate surface area is 216 Å². The van der Waals surface area contributed by atoms with Crippen LogP contribution in [0.1, 0.15) is 34.5 Å². The van der Waals surface area contributed by atoms with Gasteiger partial charge in [-0.05, 0) is 69.3 Å². The minimum Gasteiger partial charge on any atom is -0.489 e. The van der Waals surface area contributed by atoms with Gasteiger partial charge in [0.1, 0.15) is 12.4 Å². The fourth-order valence-electron chi connectivity index (χ4n) is 5.43. The molecule has 37 heavy (non-hydrogen) atoms. The normalized spacial score (nSPS) is 20.6. The number of rotatable bonds is 7. The number of pyridine rings is 1. The second-order valence-electron chi connectivity index (χ2n) is 9.85. The van der Waals surface area contributed by atoms with Crippen LogP contribution in [0, 0.1) is 12.8 Å². The van der Waals surface area contributed by atoms with Gasteiger partial charge < -0.3 is 15.4 Å². The molecule has 2 aliphatic rings. The summed E-state index contributed by atoms with van der Waals surface area (Å²) in [7, 11) is 0. The van der Waals surface area contributed by atoms with E-state index in [2.05, 4.69) is 20.5 Å². The minimum atomic E-state index is -0.509. The van der Waals surface area contributed by atoms with Crippen LogP contribution in [-0.2, 0) is 11.4 Å². The number of hydrogen-bond acceptors (Lipinski definition) is 7. The van der Waals surface area contributed by atoms with E-state index >= 15 is 0 Å². The molecular weight excluding hydrogens is 470 g/mol. The first-order valence-electron chi connectivity index (χ1n) is 12.8. The number of benzene rings is 2. The first-order chi connectivity index (χ1) is 18.0. The van der Waals surface area contributed by atoms with Gasteiger partial charge in [-0.1, -0.05) is 18.2 Å². The van der Waals surface area contributed by atoms with Crippen LogP contribution in [0.5, 0.6) is 5.75 Å². The van der Waals surface area contributed by atoms with E-state index in [1.807, 2.05) is 37.3 Å². The highest BCUT2D eigenvalue weighted by molar-refractivity contribution is 5.95. The summed E-state index contributed by atoms with van der Waals surface area (Å²) in [6, 6.07) is 17.0. The van der Waals surface area contributed by atoms with Gasteiger partial charge in [0.15, 0.2) is 0 Å². The highest BCUT2D eigenvalue weighted by Crippen LogP contribution is 2.25. The standard InChI is InChI=1S/C28H33N5O4/c1-18-14-20(23-4-2-3-5-25(23)30-18)17-37-22-8-6-19(7-9-22)27(34)31-26-16-33(15-24(26)28(35)32-36)21-10-12-29-13-11-21/h2-9,14,21,24,26,29,36H,10-13,15-17H2,1H3,(H,31,34)(H,32,35). The summed E-state index contributed by atoms with van der Waals surface area (Å²) in [5.41, 5.74) is 5.18. The van der Waals surface area contributed by atoms with Crippen LogP contribution < -0.4 is 20.9 Å². The summed E-state index contributed by atoms with van der Waals surface area (Å²) in [6.45, 7) is 5.34. The van der Waals surface area contributed by atoms with Gasteiger partial charge in [0.05, 0.1) is 17.5 Å². The molecule has 0 bridgehead atoms. The van der Waals surface area contributed by atoms with E-state index in [0.717, 1.165) is 48.1 Å². The molecule has 3 heterocycles. The molecule has 0 aliphatic carbocycles. The van der Waals surface area contributed by atoms with Crippen molar-refractivity contribution < 1.29 is 19.5 Å². The highest BCUT2D eigenvalue weighted by Gasteiger charge is 2.41. The van der Waals surface area contributed by atoms with E-state index in [-0.39, 0.29) is 11.9 Å². The van der Waals surface area contributed by atoms with E-state index in [0.29, 0.717) is 37.1 Å². The molecule has 9 heteroatoms. The lowest BCUT2D eigenvalue weighted by atomic mass is 10.0. The van der Waals surface area contributed by atoms with E-state index < -0.39 is 11.8 Å². The number of carbonyl (C=O) groups is 2. The Hall–Kier alpha value is -3.53. The van der Waals surface area contributed by atoms with Crippen LogP contribution in [0.4, 0.5) is 0 Å². The molecule has 2 unspecified atom stereocenters. The maximum Gasteiger partial charge on any atom is 0.251 e. The van der Waals surface area contributed by atoms with Crippen LogP contribution in [0.3, 0.4) is 0 Å². The number of nitrogens with zero attached hydrogens (tertiary/aromatic N) is 2. The second-order valence-corrected chi connectivity index (χ2v) is 9.85. The lowest BCUT2D eigenvalue weighted by Crippen LogP contribution is -2.46. The number of nitrogens with one attached hydrogen (secondary N) is 3. The van der Waals surface area contributed by atoms with Crippen LogP contribution in [0.2, 0.25) is 0 Å². The zero-order valence-electron chi connectivity index (χ0n) is 20.9. The molecule has 0 radical (unpaired) electrons. The molecule has 1 aromatic heterocycles. The Morgan fingerprint density at radius 3 is 2.62 bits per heavy atom. The Bertz CT molecular complexity index is 1260. The number of aromatic nitrogens is 1. The number of likely N-dealkylation sites (tertiary alicyclic amines) is 1. The molecule has 0 spiro atoms. The Morgan fingerprint density at radius 1 is 1.11 bits per heavy atom. The molecule has 4 N–H and O–H groups in total. The Kier molecular flexibility index (Phi) is 7.64. The van der Waals surface area contributed by atoms with Crippen LogP contribution in [0.15, 0.2) is 54.6 Å². The van der Waals surface area contributed by atoms with E-state index in [9.17, 15) is 14.8 Å². The van der Waals surface area contributed by atoms with E-state index in [4.69, 9.17) is 4.74 Å². The first-order valence-corrected chi connectivity index (χ1v) is 12.8. The monoisotopic (exact) mass is 503 g/mol. The third-order valence-electron chi connectivity index (χ3n) is 7.38. The third kappa shape index (κ3) is 5.74. The summed E-state index contributed by atoms with van der Waals surface area (Å²) in [5.74, 6) is -0.574. The second kappa shape index (κ2) is 11.2. The molecule has 5 rings (SSSR count). The summed E-state index contributed by atoms with van der Waals surface area (Å²) >= 11 is 0. The number of piperidine rings is 1. The molecule has 3 aromatic rings. The average molecular weight is 504 g/mol. The van der Waals surface area contributed by atoms with E-state index in [1.54, 1.807) is 29.7 Å². The van der Waals surface area contributed by atoms with Gasteiger partial charge in [0.25, 0.3) is 5.91 Å². The Morgan fingerprint density at radius 2 is 1.86 bits per heavy atom. The first kappa shape index (κ1) is 25.1. The van der Waals surface area contributed by atoms with Crippen LogP contribution >= 0.6 is 0 Å². The molecular formula is C28H33N5O4. The van der Waals surface area contributed by atoms with Gasteiger partial charge in [-0.25, -0.2) is 5.48 Å². The van der Waals surface area contributed by atoms with Crippen LogP contribution in [0.25, 0.3) is 10.9 Å². The van der Waals surface area contributed by atoms with Crippen molar-refractivity contribution in [2.45, 2.75) is 38.5 Å². The number of hydrogen-bond donors (Lipinski definition) is 4. The lowest BCUT2D eigenvalue weighted by molar-refractivity contribution is -0.133. The Balaban J connectivity index is 1.22. The number of para-hydroxylation sites is 1. The number of amides is 2. The molecule has 194 valence electrons. The average Bonchev–Trinajstić information content (AvgIpc) is 3.35. The van der Waals surface area contributed by atoms with Crippen molar-refractivity contribution in [2.24, 2.45) is 5.92 Å². The fraction of sp³-hybridized carbons (Fsp3) is 0.393. The van der Waals surface area contributed by atoms with E-state index in [1.165, 1.54) is 0 Å². The summed E-state index contributed by atoms with van der Waals surface area (Å²) in [6.07, 6.45) is 2.01. The van der Waals surface area contributed by atoms with Gasteiger partial charge in [0, 0.05) is 41.3 Å². The highest BCUT2D eigenvalue weighted by atomic mass is 16.5. The fourth-order valence-corrected chi connectivity index (χ4v) is 5.43. The molecule has 2 atom stereocenters. The summed E-state index contributed by atoms with van der Waals surface area (Å²) in [5, 5.41) is 16.7. The van der Waals surface area contributed by atoms with Crippen molar-refractivity contribution in [3.63, 3.8) is 0 Å². The van der Waals surface area contributed by atoms with Crippen molar-refractivity contribution in [1.29, 1.82) is 0 Å². The molecule has 2 amide bonds. The van der Waals surface area contributed by atoms with Gasteiger partial charge in [-0.2, -0.15) is 0 Å². The summed E-state index contributed by atoms with van der Waals surface area (Å²) < 4.78 is 6.02. The summed E-state index contributed by atoms with van der Waals surface area (Å²) in [4.78, 5) is 32.2. The van der Waals surface area contributed by atoms with Crippen molar-refractivity contribution in [1.82, 2.24) is 26.0 Å². The van der Waals surface area contributed by atoms with Gasteiger partial charge in [0.2, 0.25) is 5.91 Å². The molecule has 9 nitrogen and oxygen atoms in total. The molecule has 0 saturated carbocycles. The number of ether oxygens (including phenoxy) is 1. The molecule has 2 saturated heterocycles. The van der Waals surface area contributed by atoms with Crippen molar-refractivity contribution >= 4 is 22.7 Å². The SMILES string of the molecule is Cc1cc(COc2ccc(C(=O)NC3CN(C4CCNCC4)CC3C(=O)NO)cc2)c2ccccc2n1. The number of hydroxylamine groups is 1. The quantitative estimate of drug-likeness (QED) is 0.289. The maximum atomic E-state index is 13.0. The van der Waals surface area contributed by atoms with Gasteiger partial charge in [-0.3, -0.25) is 24.7 Å². The van der Waals surface area contributed by atoms with Crippen molar-refractivity contribution in [3.05, 3.63) is 71.4 Å². The van der Waals surface area contributed by atoms with Gasteiger partial charge >= 0.3 is 0 Å². The van der Waals surface area contributed by atoms with Crippen molar-refractivity contribution in [2.75, 3.05) is 26.2 Å². The lowest BCUT2D eigenvalue weighted by Gasteiger charge is -2.31. The molecule has 2 aromatic carbocycles. The number of fused-ring (bicyclic) bond motifs is 1. The third-order valence-corrected chi connectivity index (χ3v) is 7.38. The van der Waals surface area contributed by atoms with Gasteiger partial charge in [-0.15, -0.1) is 0 Å².